The van der Waals surface area contributed by atoms with E-state index in [0.717, 1.165) is 18.8 Å². The minimum Gasteiger partial charge on any atom is -0.422 e. The van der Waals surface area contributed by atoms with E-state index in [0.29, 0.717) is 22.2 Å². The Morgan fingerprint density at radius 3 is 2.44 bits per heavy atom. The topological polar surface area (TPSA) is 163 Å². The second kappa shape index (κ2) is 14.5. The van der Waals surface area contributed by atoms with Crippen LogP contribution in [0.3, 0.4) is 0 Å². The molecule has 3 N–H and O–H groups in total. The van der Waals surface area contributed by atoms with E-state index in [1.54, 1.807) is 54.7 Å². The second-order valence-electron chi connectivity index (χ2n) is 9.60. The zero-order valence-electron chi connectivity index (χ0n) is 23.8. The fourth-order valence-corrected chi connectivity index (χ4v) is 4.60. The Kier molecular flexibility index (Phi) is 10.3. The first kappa shape index (κ1) is 30.6. The molecule has 2 aromatic heterocycles. The first-order valence-corrected chi connectivity index (χ1v) is 13.8. The van der Waals surface area contributed by atoms with Crippen molar-refractivity contribution in [3.63, 3.8) is 0 Å². The number of anilines is 1. The third kappa shape index (κ3) is 7.88. The van der Waals surface area contributed by atoms with Gasteiger partial charge in [0.25, 0.3) is 5.91 Å². The van der Waals surface area contributed by atoms with Gasteiger partial charge in [0.05, 0.1) is 31.2 Å². The SMILES string of the molecule is CCN(CC)c1ccc2cc(C(=O)NCC(=O)NC(CC(=O)NCc3ccccn3)c3ccccc3N=O)c(=O)oc2c1. The highest BCUT2D eigenvalue weighted by atomic mass is 16.4. The molecule has 2 aromatic carbocycles. The van der Waals surface area contributed by atoms with Crippen molar-refractivity contribution in [2.45, 2.75) is 32.9 Å². The van der Waals surface area contributed by atoms with E-state index in [-0.39, 0.29) is 24.2 Å². The molecular weight excluding hydrogens is 552 g/mol. The fraction of sp³-hybridized carbons (Fsp3) is 0.258. The molecule has 0 spiro atoms. The smallest absolute Gasteiger partial charge is 0.349 e. The van der Waals surface area contributed by atoms with Crippen molar-refractivity contribution < 1.29 is 18.8 Å². The monoisotopic (exact) mass is 584 g/mol. The molecular formula is C31H32N6O6. The Balaban J connectivity index is 1.43. The fourth-order valence-electron chi connectivity index (χ4n) is 4.60. The highest BCUT2D eigenvalue weighted by Gasteiger charge is 2.23. The number of rotatable bonds is 13. The largest absolute Gasteiger partial charge is 0.422 e. The van der Waals surface area contributed by atoms with Crippen LogP contribution in [0.5, 0.6) is 0 Å². The molecule has 0 bridgehead atoms. The second-order valence-corrected chi connectivity index (χ2v) is 9.60. The predicted octanol–water partition coefficient (Wildman–Crippen LogP) is 3.73. The average molecular weight is 585 g/mol. The Bertz CT molecular complexity index is 1670. The molecule has 4 rings (SSSR count). The molecule has 1 atom stereocenters. The molecule has 222 valence electrons. The van der Waals surface area contributed by atoms with Gasteiger partial charge in [-0.15, -0.1) is 4.91 Å². The molecule has 0 saturated heterocycles. The summed E-state index contributed by atoms with van der Waals surface area (Å²) in [6, 6.07) is 17.5. The van der Waals surface area contributed by atoms with Crippen LogP contribution in [0.15, 0.2) is 87.3 Å². The zero-order valence-corrected chi connectivity index (χ0v) is 23.8. The molecule has 0 saturated carbocycles. The third-order valence-corrected chi connectivity index (χ3v) is 6.83. The van der Waals surface area contributed by atoms with Crippen molar-refractivity contribution in [3.05, 3.63) is 105 Å². The third-order valence-electron chi connectivity index (χ3n) is 6.83. The van der Waals surface area contributed by atoms with Gasteiger partial charge < -0.3 is 25.3 Å². The van der Waals surface area contributed by atoms with E-state index in [2.05, 4.69) is 31.0 Å². The number of hydrogen-bond acceptors (Lipinski definition) is 9. The van der Waals surface area contributed by atoms with Crippen LogP contribution in [0.2, 0.25) is 0 Å². The van der Waals surface area contributed by atoms with E-state index in [1.807, 2.05) is 19.9 Å². The molecule has 0 aliphatic heterocycles. The number of hydrogen-bond donors (Lipinski definition) is 3. The van der Waals surface area contributed by atoms with E-state index >= 15 is 0 Å². The van der Waals surface area contributed by atoms with Crippen LogP contribution in [0.1, 0.15) is 47.9 Å². The summed E-state index contributed by atoms with van der Waals surface area (Å²) >= 11 is 0. The number of carbonyl (C=O) groups is 3. The number of pyridine rings is 1. The predicted molar refractivity (Wildman–Crippen MR) is 162 cm³/mol. The lowest BCUT2D eigenvalue weighted by Crippen LogP contribution is -2.41. The number of benzene rings is 2. The number of nitroso groups, excluding NO2 is 1. The van der Waals surface area contributed by atoms with E-state index in [1.165, 1.54) is 12.1 Å². The van der Waals surface area contributed by atoms with Crippen LogP contribution >= 0.6 is 0 Å². The molecule has 0 aliphatic rings. The molecule has 3 amide bonds. The number of nitrogens with one attached hydrogen (secondary N) is 3. The Hall–Kier alpha value is -5.39. The summed E-state index contributed by atoms with van der Waals surface area (Å²) in [5, 5.41) is 11.4. The summed E-state index contributed by atoms with van der Waals surface area (Å²) in [5.41, 5.74) is 1.19. The van der Waals surface area contributed by atoms with Crippen LogP contribution in [0.25, 0.3) is 11.0 Å². The van der Waals surface area contributed by atoms with Crippen molar-refractivity contribution in [3.8, 4) is 0 Å². The van der Waals surface area contributed by atoms with E-state index in [9.17, 15) is 24.1 Å². The summed E-state index contributed by atoms with van der Waals surface area (Å²) in [4.78, 5) is 68.8. The van der Waals surface area contributed by atoms with Gasteiger partial charge in [-0.05, 0) is 55.4 Å². The molecule has 4 aromatic rings. The molecule has 43 heavy (non-hydrogen) atoms. The molecule has 0 aliphatic carbocycles. The highest BCUT2D eigenvalue weighted by molar-refractivity contribution is 5.98. The summed E-state index contributed by atoms with van der Waals surface area (Å²) in [5.74, 6) is -1.84. The number of carbonyl (C=O) groups excluding carboxylic acids is 3. The zero-order chi connectivity index (χ0) is 30.8. The normalized spacial score (nSPS) is 11.4. The maximum absolute atomic E-state index is 12.9. The molecule has 1 unspecified atom stereocenters. The Morgan fingerprint density at radius 2 is 1.72 bits per heavy atom. The van der Waals surface area contributed by atoms with Crippen LogP contribution < -0.4 is 26.5 Å². The summed E-state index contributed by atoms with van der Waals surface area (Å²) in [7, 11) is 0. The van der Waals surface area contributed by atoms with E-state index in [4.69, 9.17) is 4.42 Å². The lowest BCUT2D eigenvalue weighted by Gasteiger charge is -2.21. The first-order valence-electron chi connectivity index (χ1n) is 13.8. The summed E-state index contributed by atoms with van der Waals surface area (Å²) < 4.78 is 5.41. The van der Waals surface area contributed by atoms with Gasteiger partial charge in [-0.2, -0.15) is 0 Å². The highest BCUT2D eigenvalue weighted by Crippen LogP contribution is 2.27. The van der Waals surface area contributed by atoms with Crippen molar-refractivity contribution in [2.75, 3.05) is 24.5 Å². The van der Waals surface area contributed by atoms with Gasteiger partial charge in [-0.25, -0.2) is 4.79 Å². The molecule has 0 fully saturated rings. The number of amides is 3. The van der Waals surface area contributed by atoms with Gasteiger partial charge in [0.2, 0.25) is 11.8 Å². The quantitative estimate of drug-likeness (QED) is 0.158. The lowest BCUT2D eigenvalue weighted by molar-refractivity contribution is -0.123. The number of fused-ring (bicyclic) bond motifs is 1. The van der Waals surface area contributed by atoms with Crippen LogP contribution in [0, 0.1) is 4.91 Å². The van der Waals surface area contributed by atoms with E-state index < -0.39 is 35.9 Å². The minimum atomic E-state index is -0.923. The van der Waals surface area contributed by atoms with Crippen LogP contribution in [0.4, 0.5) is 11.4 Å². The van der Waals surface area contributed by atoms with Gasteiger partial charge in [0, 0.05) is 42.0 Å². The minimum absolute atomic E-state index is 0.0623. The van der Waals surface area contributed by atoms with Crippen molar-refractivity contribution in [2.24, 2.45) is 5.18 Å². The Morgan fingerprint density at radius 1 is 0.953 bits per heavy atom. The summed E-state index contributed by atoms with van der Waals surface area (Å²) in [6.45, 7) is 5.28. The molecule has 2 heterocycles. The number of nitrogens with zero attached hydrogens (tertiary/aromatic N) is 3. The maximum atomic E-state index is 12.9. The molecule has 12 heteroatoms. The van der Waals surface area contributed by atoms with Gasteiger partial charge >= 0.3 is 5.63 Å². The standard InChI is InChI=1S/C31H32N6O6/c1-3-37(4-2)22-13-12-20-15-24(31(41)43-27(20)16-22)30(40)34-19-29(39)35-26(23-10-5-6-11-25(23)36-42)17-28(38)33-18-21-9-7-8-14-32-21/h5-16,26H,3-4,17-19H2,1-2H3,(H,33,38)(H,34,40)(H,35,39). The Labute approximate surface area is 247 Å². The van der Waals surface area contributed by atoms with Crippen molar-refractivity contribution in [1.29, 1.82) is 0 Å². The van der Waals surface area contributed by atoms with Gasteiger partial charge in [0.1, 0.15) is 16.8 Å². The molecule has 0 radical (unpaired) electrons. The van der Waals surface area contributed by atoms with Crippen molar-refractivity contribution >= 4 is 40.1 Å². The van der Waals surface area contributed by atoms with Gasteiger partial charge in [-0.1, -0.05) is 24.3 Å². The molecule has 12 nitrogen and oxygen atoms in total. The van der Waals surface area contributed by atoms with Crippen molar-refractivity contribution in [1.82, 2.24) is 20.9 Å². The average Bonchev–Trinajstić information content (AvgIpc) is 3.03. The number of aromatic nitrogens is 1. The van der Waals surface area contributed by atoms with Gasteiger partial charge in [0.15, 0.2) is 0 Å². The summed E-state index contributed by atoms with van der Waals surface area (Å²) in [6.07, 6.45) is 1.40. The first-order chi connectivity index (χ1) is 20.8. The van der Waals surface area contributed by atoms with Gasteiger partial charge in [-0.3, -0.25) is 19.4 Å². The van der Waals surface area contributed by atoms with Crippen LogP contribution in [-0.4, -0.2) is 42.3 Å². The van der Waals surface area contributed by atoms with Crippen LogP contribution in [-0.2, 0) is 16.1 Å². The maximum Gasteiger partial charge on any atom is 0.349 e. The lowest BCUT2D eigenvalue weighted by atomic mass is 10.0.